The number of hydrogen-bond donors (Lipinski definition) is 0. The highest BCUT2D eigenvalue weighted by Crippen LogP contribution is 2.17. The average molecular weight is 1040 g/mol. The predicted octanol–water partition coefficient (Wildman–Crippen LogP) is 21.9. The first-order chi connectivity index (χ1) is 36.5. The lowest BCUT2D eigenvalue weighted by atomic mass is 10.0. The quantitative estimate of drug-likeness (QED) is 0.0261. The van der Waals surface area contributed by atoms with E-state index in [0.29, 0.717) is 19.3 Å². The summed E-state index contributed by atoms with van der Waals surface area (Å²) in [4.78, 5) is 38.4. The minimum absolute atomic E-state index is 0.0772. The highest BCUT2D eigenvalue weighted by molar-refractivity contribution is 5.71. The fourth-order valence-corrected chi connectivity index (χ4v) is 9.43. The van der Waals surface area contributed by atoms with Gasteiger partial charge in [-0.05, 0) is 83.5 Å². The van der Waals surface area contributed by atoms with Crippen LogP contribution in [0.5, 0.6) is 0 Å². The Kier molecular flexibility index (Phi) is 60.2. The Balaban J connectivity index is 4.38. The third-order valence-corrected chi connectivity index (χ3v) is 14.3. The van der Waals surface area contributed by atoms with E-state index in [4.69, 9.17) is 14.2 Å². The van der Waals surface area contributed by atoms with Gasteiger partial charge in [0.15, 0.2) is 6.10 Å². The van der Waals surface area contributed by atoms with E-state index in [-0.39, 0.29) is 31.1 Å². The molecule has 0 heterocycles. The van der Waals surface area contributed by atoms with E-state index in [1.807, 2.05) is 0 Å². The van der Waals surface area contributed by atoms with Crippen LogP contribution < -0.4 is 0 Å². The van der Waals surface area contributed by atoms with Gasteiger partial charge in [0.1, 0.15) is 13.2 Å². The summed E-state index contributed by atoms with van der Waals surface area (Å²) < 4.78 is 16.9. The molecule has 1 unspecified atom stereocenters. The minimum atomic E-state index is -0.782. The summed E-state index contributed by atoms with van der Waals surface area (Å²) in [5.74, 6) is -0.876. The van der Waals surface area contributed by atoms with Crippen LogP contribution >= 0.6 is 0 Å². The van der Waals surface area contributed by atoms with Crippen LogP contribution in [0.25, 0.3) is 0 Å². The van der Waals surface area contributed by atoms with Crippen LogP contribution in [-0.4, -0.2) is 37.2 Å². The van der Waals surface area contributed by atoms with Crippen LogP contribution in [0.3, 0.4) is 0 Å². The molecule has 6 heteroatoms. The zero-order chi connectivity index (χ0) is 53.6. The molecule has 0 saturated carbocycles. The van der Waals surface area contributed by atoms with Gasteiger partial charge in [0.25, 0.3) is 0 Å². The molecule has 1 atom stereocenters. The number of carbonyl (C=O) groups excluding carboxylic acids is 3. The maximum Gasteiger partial charge on any atom is 0.306 e. The lowest BCUT2D eigenvalue weighted by Crippen LogP contribution is -2.30. The largest absolute Gasteiger partial charge is 0.462 e. The molecular formula is C68H122O6. The normalized spacial score (nSPS) is 12.4. The molecule has 0 fully saturated rings. The van der Waals surface area contributed by atoms with E-state index < -0.39 is 6.10 Å². The van der Waals surface area contributed by atoms with Crippen molar-refractivity contribution in [3.8, 4) is 0 Å². The summed E-state index contributed by atoms with van der Waals surface area (Å²) in [5, 5.41) is 0. The molecule has 0 aromatic carbocycles. The third-order valence-electron chi connectivity index (χ3n) is 14.3. The minimum Gasteiger partial charge on any atom is -0.462 e. The molecule has 430 valence electrons. The van der Waals surface area contributed by atoms with Gasteiger partial charge < -0.3 is 14.2 Å². The van der Waals surface area contributed by atoms with Crippen molar-refractivity contribution < 1.29 is 28.6 Å². The van der Waals surface area contributed by atoms with Crippen LogP contribution in [-0.2, 0) is 28.6 Å². The van der Waals surface area contributed by atoms with E-state index in [0.717, 1.165) is 89.9 Å². The summed E-state index contributed by atoms with van der Waals surface area (Å²) in [7, 11) is 0. The van der Waals surface area contributed by atoms with Crippen molar-refractivity contribution in [3.05, 3.63) is 60.8 Å². The van der Waals surface area contributed by atoms with Crippen LogP contribution in [0.4, 0.5) is 0 Å². The Morgan fingerprint density at radius 1 is 0.284 bits per heavy atom. The highest BCUT2D eigenvalue weighted by atomic mass is 16.6. The Labute approximate surface area is 460 Å². The molecule has 0 rings (SSSR count). The third kappa shape index (κ3) is 60.0. The van der Waals surface area contributed by atoms with Gasteiger partial charge in [0.2, 0.25) is 0 Å². The summed E-state index contributed by atoms with van der Waals surface area (Å²) >= 11 is 0. The smallest absolute Gasteiger partial charge is 0.306 e. The molecule has 0 aromatic heterocycles. The Morgan fingerprint density at radius 3 is 0.838 bits per heavy atom. The standard InChI is InChI=1S/C68H122O6/c1-4-7-10-13-16-19-22-25-28-31-34-37-40-43-46-49-52-55-58-61-67(70)73-64-65(63-72-66(69)60-57-54-51-48-45-42-39-36-33-30-27-24-21-18-15-12-9-6-3)74-68(71)62-59-56-53-50-47-44-41-38-35-32-29-26-23-20-17-14-11-8-5-2/h7,10,16,19,25,28,32,34-35,37,65H,4-6,8-9,11-15,17-18,20-24,26-27,29-31,33,36,38-64H2,1-3H3/b10-7-,19-16-,28-25-,35-32-,37-34-. The van der Waals surface area contributed by atoms with E-state index in [1.165, 1.54) is 205 Å². The first-order valence-corrected chi connectivity index (χ1v) is 32.3. The van der Waals surface area contributed by atoms with Crippen molar-refractivity contribution in [2.75, 3.05) is 13.2 Å². The van der Waals surface area contributed by atoms with Crippen LogP contribution in [0.15, 0.2) is 60.8 Å². The van der Waals surface area contributed by atoms with E-state index in [2.05, 4.69) is 81.5 Å². The molecule has 0 radical (unpaired) electrons. The average Bonchev–Trinajstić information content (AvgIpc) is 3.40. The van der Waals surface area contributed by atoms with Gasteiger partial charge in [-0.2, -0.15) is 0 Å². The maximum absolute atomic E-state index is 12.9. The molecule has 0 amide bonds. The molecule has 0 spiro atoms. The van der Waals surface area contributed by atoms with Crippen molar-refractivity contribution in [2.45, 2.75) is 341 Å². The van der Waals surface area contributed by atoms with Crippen molar-refractivity contribution in [1.82, 2.24) is 0 Å². The molecule has 0 aliphatic heterocycles. The summed E-state index contributed by atoms with van der Waals surface area (Å²) in [5.41, 5.74) is 0. The number of carbonyl (C=O) groups is 3. The Bertz CT molecular complexity index is 1330. The van der Waals surface area contributed by atoms with Gasteiger partial charge in [0, 0.05) is 19.3 Å². The number of hydrogen-bond acceptors (Lipinski definition) is 6. The molecule has 74 heavy (non-hydrogen) atoms. The van der Waals surface area contributed by atoms with Gasteiger partial charge in [0.05, 0.1) is 0 Å². The predicted molar refractivity (Wildman–Crippen MR) is 321 cm³/mol. The number of ether oxygens (including phenoxy) is 3. The van der Waals surface area contributed by atoms with Gasteiger partial charge in [-0.3, -0.25) is 14.4 Å². The van der Waals surface area contributed by atoms with Crippen molar-refractivity contribution in [1.29, 1.82) is 0 Å². The highest BCUT2D eigenvalue weighted by Gasteiger charge is 2.19. The second kappa shape index (κ2) is 62.6. The number of esters is 3. The van der Waals surface area contributed by atoms with E-state index in [1.54, 1.807) is 0 Å². The van der Waals surface area contributed by atoms with Crippen molar-refractivity contribution in [3.63, 3.8) is 0 Å². The first kappa shape index (κ1) is 71.1. The molecule has 0 bridgehead atoms. The number of unbranched alkanes of at least 4 members (excludes halogenated alkanes) is 38. The zero-order valence-electron chi connectivity index (χ0n) is 49.4. The second-order valence-electron chi connectivity index (χ2n) is 21.6. The maximum atomic E-state index is 12.9. The number of allylic oxidation sites excluding steroid dienone is 10. The molecule has 0 aliphatic rings. The second-order valence-corrected chi connectivity index (χ2v) is 21.6. The van der Waals surface area contributed by atoms with Gasteiger partial charge >= 0.3 is 17.9 Å². The Morgan fingerprint density at radius 2 is 0.527 bits per heavy atom. The van der Waals surface area contributed by atoms with Gasteiger partial charge in [-0.15, -0.1) is 0 Å². The van der Waals surface area contributed by atoms with Gasteiger partial charge in [-0.25, -0.2) is 0 Å². The molecule has 0 aliphatic carbocycles. The monoisotopic (exact) mass is 1030 g/mol. The summed E-state index contributed by atoms with van der Waals surface area (Å²) in [6, 6.07) is 0. The molecule has 0 N–H and O–H groups in total. The molecule has 6 nitrogen and oxygen atoms in total. The number of rotatable bonds is 59. The SMILES string of the molecule is CC/C=C\C/C=C\C/C=C\C/C=C\CCCCCCCCC(=O)OCC(COC(=O)CCCCCCCCCCCCCCCCCCCC)OC(=O)CCCCCCCCC/C=C\CCCCCCCCCC. The fraction of sp³-hybridized carbons (Fsp3) is 0.809. The van der Waals surface area contributed by atoms with Crippen LogP contribution in [0.2, 0.25) is 0 Å². The molecule has 0 aromatic rings. The fourth-order valence-electron chi connectivity index (χ4n) is 9.43. The lowest BCUT2D eigenvalue weighted by molar-refractivity contribution is -0.167. The van der Waals surface area contributed by atoms with Gasteiger partial charge in [-0.1, -0.05) is 293 Å². The van der Waals surface area contributed by atoms with Crippen LogP contribution in [0, 0.1) is 0 Å². The van der Waals surface area contributed by atoms with Crippen molar-refractivity contribution >= 4 is 17.9 Å². The lowest BCUT2D eigenvalue weighted by Gasteiger charge is -2.18. The summed E-state index contributed by atoms with van der Waals surface area (Å²) in [6.07, 6.45) is 79.3. The molecule has 0 saturated heterocycles. The zero-order valence-corrected chi connectivity index (χ0v) is 49.4. The van der Waals surface area contributed by atoms with Crippen LogP contribution in [0.1, 0.15) is 335 Å². The summed E-state index contributed by atoms with van der Waals surface area (Å²) in [6.45, 7) is 6.57. The van der Waals surface area contributed by atoms with Crippen molar-refractivity contribution in [2.24, 2.45) is 0 Å². The topological polar surface area (TPSA) is 78.9 Å². The van der Waals surface area contributed by atoms with E-state index >= 15 is 0 Å². The Hall–Kier alpha value is -2.89. The molecular weight excluding hydrogens is 913 g/mol. The first-order valence-electron chi connectivity index (χ1n) is 32.3. The van der Waals surface area contributed by atoms with E-state index in [9.17, 15) is 14.4 Å².